The molecule has 4 aliphatic carbocycles. The van der Waals surface area contributed by atoms with E-state index in [1.54, 1.807) is 5.57 Å². The molecule has 0 heterocycles. The Hall–Kier alpha value is -0.860. The van der Waals surface area contributed by atoms with Crippen LogP contribution in [-0.2, 0) is 0 Å². The predicted molar refractivity (Wildman–Crippen MR) is 125 cm³/mol. The van der Waals surface area contributed by atoms with Crippen LogP contribution in [0.5, 0.6) is 0 Å². The largest absolute Gasteiger partial charge is 0.393 e. The lowest BCUT2D eigenvalue weighted by atomic mass is 9.52. The highest BCUT2D eigenvalue weighted by atomic mass is 16.3. The van der Waals surface area contributed by atoms with Crippen LogP contribution in [0.4, 0.5) is 0 Å². The van der Waals surface area contributed by atoms with E-state index in [9.17, 15) is 10.2 Å². The smallest absolute Gasteiger partial charge is 0.0766 e. The minimum atomic E-state index is -0.323. The van der Waals surface area contributed by atoms with Gasteiger partial charge in [-0.15, -0.1) is 0 Å². The molecule has 4 rings (SSSR count). The number of rotatable bonds is 4. The Bertz CT molecular complexity index is 759. The van der Waals surface area contributed by atoms with Gasteiger partial charge in [0, 0.05) is 5.41 Å². The standard InChI is InChI=1S/C28H44O2/c1-17(2)18(3)7-8-19(4)23-11-12-24-22-10-9-20-15-21(29)13-14-27(20,5)26(22)25(30)16-28(23,24)6/h7-9,17-19,21,23-25,29-30H,10-16H2,1-6H3/b8-7+/t18-,19+,21+,23+,24-,25+,27-,28+/m0/s1. The van der Waals surface area contributed by atoms with Gasteiger partial charge in [-0.05, 0) is 85.5 Å². The number of fused-ring (bicyclic) bond motifs is 4. The van der Waals surface area contributed by atoms with Crippen LogP contribution in [0.25, 0.3) is 0 Å². The molecule has 0 aromatic rings. The molecule has 4 aliphatic rings. The van der Waals surface area contributed by atoms with Crippen LogP contribution in [0, 0.1) is 40.4 Å². The molecule has 2 nitrogen and oxygen atoms in total. The fourth-order valence-electron chi connectivity index (χ4n) is 7.64. The van der Waals surface area contributed by atoms with E-state index in [-0.39, 0.29) is 23.0 Å². The quantitative estimate of drug-likeness (QED) is 0.521. The van der Waals surface area contributed by atoms with E-state index in [0.29, 0.717) is 29.6 Å². The van der Waals surface area contributed by atoms with Gasteiger partial charge in [0.15, 0.2) is 0 Å². The maximum absolute atomic E-state index is 11.5. The lowest BCUT2D eigenvalue weighted by molar-refractivity contribution is 0.0304. The summed E-state index contributed by atoms with van der Waals surface area (Å²) in [6.07, 6.45) is 13.9. The number of hydrogen-bond donors (Lipinski definition) is 2. The van der Waals surface area contributed by atoms with Crippen molar-refractivity contribution in [3.05, 3.63) is 34.9 Å². The highest BCUT2D eigenvalue weighted by Gasteiger charge is 2.56. The molecule has 8 atom stereocenters. The summed E-state index contributed by atoms with van der Waals surface area (Å²) in [6, 6.07) is 0. The van der Waals surface area contributed by atoms with Crippen LogP contribution < -0.4 is 0 Å². The minimum absolute atomic E-state index is 0.0239. The maximum Gasteiger partial charge on any atom is 0.0766 e. The Kier molecular flexibility index (Phi) is 5.90. The van der Waals surface area contributed by atoms with Gasteiger partial charge < -0.3 is 10.2 Å². The number of allylic oxidation sites excluding steroid dienone is 4. The van der Waals surface area contributed by atoms with Crippen molar-refractivity contribution in [2.75, 3.05) is 0 Å². The monoisotopic (exact) mass is 412 g/mol. The van der Waals surface area contributed by atoms with Crippen molar-refractivity contribution in [2.24, 2.45) is 40.4 Å². The Morgan fingerprint density at radius 3 is 2.47 bits per heavy atom. The minimum Gasteiger partial charge on any atom is -0.393 e. The maximum atomic E-state index is 11.5. The lowest BCUT2D eigenvalue weighted by Crippen LogP contribution is -2.47. The van der Waals surface area contributed by atoms with E-state index in [4.69, 9.17) is 0 Å². The van der Waals surface area contributed by atoms with Gasteiger partial charge in [0.1, 0.15) is 0 Å². The zero-order valence-corrected chi connectivity index (χ0v) is 20.1. The first kappa shape index (κ1) is 22.3. The molecule has 0 unspecified atom stereocenters. The van der Waals surface area contributed by atoms with Crippen molar-refractivity contribution < 1.29 is 10.2 Å². The second kappa shape index (κ2) is 7.93. The van der Waals surface area contributed by atoms with E-state index < -0.39 is 0 Å². The third-order valence-corrected chi connectivity index (χ3v) is 9.85. The van der Waals surface area contributed by atoms with Crippen molar-refractivity contribution in [1.29, 1.82) is 0 Å². The van der Waals surface area contributed by atoms with E-state index in [2.05, 4.69) is 59.8 Å². The summed E-state index contributed by atoms with van der Waals surface area (Å²) >= 11 is 0. The van der Waals surface area contributed by atoms with Gasteiger partial charge in [0.2, 0.25) is 0 Å². The first-order valence-corrected chi connectivity index (χ1v) is 12.5. The van der Waals surface area contributed by atoms with Gasteiger partial charge in [-0.1, -0.05) is 70.9 Å². The molecule has 0 bridgehead atoms. The molecule has 168 valence electrons. The van der Waals surface area contributed by atoms with Crippen molar-refractivity contribution >= 4 is 0 Å². The topological polar surface area (TPSA) is 40.5 Å². The van der Waals surface area contributed by atoms with Crippen LogP contribution in [0.15, 0.2) is 34.9 Å². The van der Waals surface area contributed by atoms with Crippen molar-refractivity contribution in [3.63, 3.8) is 0 Å². The number of hydrogen-bond acceptors (Lipinski definition) is 2. The molecule has 0 aliphatic heterocycles. The molecular weight excluding hydrogens is 368 g/mol. The Balaban J connectivity index is 1.62. The van der Waals surface area contributed by atoms with Gasteiger partial charge in [0.25, 0.3) is 0 Å². The molecular formula is C28H44O2. The lowest BCUT2D eigenvalue weighted by Gasteiger charge is -2.53. The van der Waals surface area contributed by atoms with Gasteiger partial charge in [-0.25, -0.2) is 0 Å². The van der Waals surface area contributed by atoms with Gasteiger partial charge in [-0.2, -0.15) is 0 Å². The number of aliphatic hydroxyl groups is 2. The van der Waals surface area contributed by atoms with Gasteiger partial charge >= 0.3 is 0 Å². The summed E-state index contributed by atoms with van der Waals surface area (Å²) in [4.78, 5) is 0. The fraction of sp³-hybridized carbons (Fsp3) is 0.786. The van der Waals surface area contributed by atoms with Crippen molar-refractivity contribution in [2.45, 2.75) is 98.7 Å². The predicted octanol–water partition coefficient (Wildman–Crippen LogP) is 6.45. The van der Waals surface area contributed by atoms with E-state index in [0.717, 1.165) is 32.1 Å². The van der Waals surface area contributed by atoms with Crippen LogP contribution in [-0.4, -0.2) is 22.4 Å². The molecule has 0 aromatic heterocycles. The van der Waals surface area contributed by atoms with Crippen LogP contribution in [0.1, 0.15) is 86.5 Å². The molecule has 0 aromatic carbocycles. The van der Waals surface area contributed by atoms with Gasteiger partial charge in [0.05, 0.1) is 12.2 Å². The van der Waals surface area contributed by atoms with Crippen LogP contribution >= 0.6 is 0 Å². The fourth-order valence-corrected chi connectivity index (χ4v) is 7.64. The zero-order chi connectivity index (χ0) is 21.8. The normalized spacial score (nSPS) is 43.3. The molecule has 2 heteroatoms. The molecule has 0 saturated heterocycles. The number of aliphatic hydroxyl groups excluding tert-OH is 2. The molecule has 0 spiro atoms. The summed E-state index contributed by atoms with van der Waals surface area (Å²) in [6.45, 7) is 14.1. The summed E-state index contributed by atoms with van der Waals surface area (Å²) in [5.41, 5.74) is 4.47. The van der Waals surface area contributed by atoms with Crippen LogP contribution in [0.2, 0.25) is 0 Å². The first-order valence-electron chi connectivity index (χ1n) is 12.5. The van der Waals surface area contributed by atoms with Crippen molar-refractivity contribution in [3.8, 4) is 0 Å². The van der Waals surface area contributed by atoms with Crippen LogP contribution in [0.3, 0.4) is 0 Å². The SMILES string of the molecule is CC(C)[C@@H](C)/C=C/[C@@H](C)[C@H]1CC[C@H]2C3=C([C@H](O)C[C@]12C)[C@@]1(C)CC[C@@H](O)CC1=CC3. The average Bonchev–Trinajstić information content (AvgIpc) is 3.02. The van der Waals surface area contributed by atoms with E-state index in [1.165, 1.54) is 24.0 Å². The third-order valence-electron chi connectivity index (χ3n) is 9.85. The van der Waals surface area contributed by atoms with Crippen molar-refractivity contribution in [1.82, 2.24) is 0 Å². The summed E-state index contributed by atoms with van der Waals surface area (Å²) in [7, 11) is 0. The molecule has 2 N–H and O–H groups in total. The highest BCUT2D eigenvalue weighted by molar-refractivity contribution is 5.45. The second-order valence-corrected chi connectivity index (χ2v) is 11.9. The van der Waals surface area contributed by atoms with E-state index in [1.807, 2.05) is 0 Å². The first-order chi connectivity index (χ1) is 14.1. The zero-order valence-electron chi connectivity index (χ0n) is 20.1. The molecule has 0 amide bonds. The molecule has 2 fully saturated rings. The molecule has 0 radical (unpaired) electrons. The Morgan fingerprint density at radius 2 is 1.77 bits per heavy atom. The average molecular weight is 413 g/mol. The third kappa shape index (κ3) is 3.47. The molecule has 2 saturated carbocycles. The second-order valence-electron chi connectivity index (χ2n) is 11.9. The Morgan fingerprint density at radius 1 is 1.03 bits per heavy atom. The van der Waals surface area contributed by atoms with Gasteiger partial charge in [-0.3, -0.25) is 0 Å². The molecule has 30 heavy (non-hydrogen) atoms. The highest BCUT2D eigenvalue weighted by Crippen LogP contribution is 2.64. The summed E-state index contributed by atoms with van der Waals surface area (Å²) in [5.74, 6) is 3.12. The van der Waals surface area contributed by atoms with E-state index >= 15 is 0 Å². The Labute approximate surface area is 184 Å². The summed E-state index contributed by atoms with van der Waals surface area (Å²) in [5, 5.41) is 21.7. The summed E-state index contributed by atoms with van der Waals surface area (Å²) < 4.78 is 0.